The van der Waals surface area contributed by atoms with Crippen LogP contribution in [0, 0.1) is 0 Å². The van der Waals surface area contributed by atoms with Crippen LogP contribution >= 0.6 is 0 Å². The highest BCUT2D eigenvalue weighted by Crippen LogP contribution is 2.24. The molecule has 1 atom stereocenters. The number of nitrogens with zero attached hydrogens (tertiary/aromatic N) is 3. The van der Waals surface area contributed by atoms with Crippen LogP contribution in [0.25, 0.3) is 11.6 Å². The first-order valence-corrected chi connectivity index (χ1v) is 8.26. The van der Waals surface area contributed by atoms with Gasteiger partial charge in [0.25, 0.3) is 11.5 Å². The van der Waals surface area contributed by atoms with Gasteiger partial charge in [-0.2, -0.15) is 0 Å². The highest BCUT2D eigenvalue weighted by Gasteiger charge is 2.31. The summed E-state index contributed by atoms with van der Waals surface area (Å²) in [5, 5.41) is 2.63. The molecule has 2 aromatic heterocycles. The summed E-state index contributed by atoms with van der Waals surface area (Å²) in [6.45, 7) is 1.63. The van der Waals surface area contributed by atoms with Crippen LogP contribution in [0.15, 0.2) is 53.6 Å². The van der Waals surface area contributed by atoms with Gasteiger partial charge in [0.1, 0.15) is 11.4 Å². The molecule has 2 heterocycles. The van der Waals surface area contributed by atoms with Crippen LogP contribution < -0.4 is 15.6 Å². The van der Waals surface area contributed by atoms with E-state index in [-0.39, 0.29) is 23.1 Å². The first kappa shape index (κ1) is 20.0. The van der Waals surface area contributed by atoms with Crippen LogP contribution in [-0.4, -0.2) is 32.2 Å². The van der Waals surface area contributed by atoms with Crippen molar-refractivity contribution in [3.63, 3.8) is 0 Å². The molecule has 0 saturated carbocycles. The normalized spacial score (nSPS) is 12.3. The molecule has 0 aliphatic heterocycles. The van der Waals surface area contributed by atoms with E-state index in [4.69, 9.17) is 0 Å². The Kier molecular flexibility index (Phi) is 5.57. The largest absolute Gasteiger partial charge is 0.573 e. The number of carbonyl (C=O) groups is 1. The Hall–Kier alpha value is -3.76. The molecular weight excluding hydrogens is 391 g/mol. The van der Waals surface area contributed by atoms with Gasteiger partial charge in [0, 0.05) is 18.5 Å². The monoisotopic (exact) mass is 405 g/mol. The van der Waals surface area contributed by atoms with Gasteiger partial charge < -0.3 is 15.0 Å². The van der Waals surface area contributed by atoms with Crippen LogP contribution in [0.4, 0.5) is 13.2 Å². The van der Waals surface area contributed by atoms with E-state index in [0.29, 0.717) is 5.56 Å². The van der Waals surface area contributed by atoms with Gasteiger partial charge in [-0.05, 0) is 30.7 Å². The van der Waals surface area contributed by atoms with E-state index in [1.165, 1.54) is 24.5 Å². The van der Waals surface area contributed by atoms with Crippen molar-refractivity contribution < 1.29 is 22.7 Å². The number of nitrogens with one attached hydrogen (secondary N) is 2. The molecule has 29 heavy (non-hydrogen) atoms. The van der Waals surface area contributed by atoms with Crippen molar-refractivity contribution in [3.05, 3.63) is 70.4 Å². The molecule has 0 spiro atoms. The number of ether oxygens (including phenoxy) is 1. The third-order valence-electron chi connectivity index (χ3n) is 3.71. The number of amides is 1. The zero-order valence-electron chi connectivity index (χ0n) is 14.9. The SMILES string of the molecule is C[C@@H](NC(=O)c1cc(=O)[nH]c(-c2ncccn2)n1)c1ccc(OC(F)(F)F)cc1. The number of aromatic nitrogens is 4. The van der Waals surface area contributed by atoms with Gasteiger partial charge in [-0.3, -0.25) is 9.59 Å². The second-order valence-electron chi connectivity index (χ2n) is 5.86. The molecule has 150 valence electrons. The number of hydrogen-bond acceptors (Lipinski definition) is 6. The maximum Gasteiger partial charge on any atom is 0.573 e. The molecule has 3 rings (SSSR count). The van der Waals surface area contributed by atoms with Crippen LogP contribution in [0.5, 0.6) is 5.75 Å². The molecule has 0 bridgehead atoms. The van der Waals surface area contributed by atoms with Crippen LogP contribution in [0.1, 0.15) is 29.0 Å². The lowest BCUT2D eigenvalue weighted by Gasteiger charge is -2.15. The molecule has 0 unspecified atom stereocenters. The van der Waals surface area contributed by atoms with E-state index >= 15 is 0 Å². The lowest BCUT2D eigenvalue weighted by atomic mass is 10.1. The molecular formula is C18H14F3N5O3. The lowest BCUT2D eigenvalue weighted by Crippen LogP contribution is -2.29. The number of benzene rings is 1. The van der Waals surface area contributed by atoms with E-state index in [9.17, 15) is 22.8 Å². The predicted octanol–water partition coefficient (Wildman–Crippen LogP) is 2.62. The van der Waals surface area contributed by atoms with Gasteiger partial charge in [0.15, 0.2) is 11.6 Å². The molecule has 2 N–H and O–H groups in total. The quantitative estimate of drug-likeness (QED) is 0.675. The fourth-order valence-electron chi connectivity index (χ4n) is 2.41. The van der Waals surface area contributed by atoms with Gasteiger partial charge in [0.2, 0.25) is 0 Å². The number of hydrogen-bond donors (Lipinski definition) is 2. The minimum atomic E-state index is -4.78. The summed E-state index contributed by atoms with van der Waals surface area (Å²) in [5.41, 5.74) is -0.182. The minimum absolute atomic E-state index is 0.0320. The zero-order valence-corrected chi connectivity index (χ0v) is 14.9. The highest BCUT2D eigenvalue weighted by molar-refractivity contribution is 5.92. The van der Waals surface area contributed by atoms with Crippen molar-refractivity contribution in [2.75, 3.05) is 0 Å². The standard InChI is InChI=1S/C18H14F3N5O3/c1-10(11-3-5-12(6-4-11)29-18(19,20)21)24-17(28)13-9-14(27)26-16(25-13)15-22-7-2-8-23-15/h2-10H,1H3,(H,24,28)(H,25,26,27)/t10-/m1/s1. The Bertz CT molecular complexity index is 1050. The third-order valence-corrected chi connectivity index (χ3v) is 3.71. The molecule has 0 fully saturated rings. The molecule has 8 nitrogen and oxygen atoms in total. The zero-order chi connectivity index (χ0) is 21.0. The van der Waals surface area contributed by atoms with E-state index in [2.05, 4.69) is 30.0 Å². The average Bonchev–Trinajstić information content (AvgIpc) is 2.67. The maximum atomic E-state index is 12.5. The Balaban J connectivity index is 1.74. The predicted molar refractivity (Wildman–Crippen MR) is 94.9 cm³/mol. The number of aromatic amines is 1. The van der Waals surface area contributed by atoms with Gasteiger partial charge >= 0.3 is 6.36 Å². The highest BCUT2D eigenvalue weighted by atomic mass is 19.4. The number of alkyl halides is 3. The Morgan fingerprint density at radius 1 is 1.17 bits per heavy atom. The van der Waals surface area contributed by atoms with Gasteiger partial charge in [-0.15, -0.1) is 13.2 Å². The average molecular weight is 405 g/mol. The molecule has 0 radical (unpaired) electrons. The molecule has 11 heteroatoms. The molecule has 1 aromatic carbocycles. The lowest BCUT2D eigenvalue weighted by molar-refractivity contribution is -0.274. The second kappa shape index (κ2) is 8.09. The molecule has 3 aromatic rings. The minimum Gasteiger partial charge on any atom is -0.406 e. The third kappa shape index (κ3) is 5.37. The molecule has 0 aliphatic carbocycles. The second-order valence-corrected chi connectivity index (χ2v) is 5.86. The summed E-state index contributed by atoms with van der Waals surface area (Å²) in [7, 11) is 0. The van der Waals surface area contributed by atoms with E-state index in [0.717, 1.165) is 18.2 Å². The van der Waals surface area contributed by atoms with Gasteiger partial charge in [0.05, 0.1) is 6.04 Å². The smallest absolute Gasteiger partial charge is 0.406 e. The Labute approximate surface area is 161 Å². The Morgan fingerprint density at radius 2 is 1.83 bits per heavy atom. The fraction of sp³-hybridized carbons (Fsp3) is 0.167. The van der Waals surface area contributed by atoms with Crippen molar-refractivity contribution >= 4 is 5.91 Å². The fourth-order valence-corrected chi connectivity index (χ4v) is 2.41. The summed E-state index contributed by atoms with van der Waals surface area (Å²) in [4.78, 5) is 38.8. The van der Waals surface area contributed by atoms with Crippen LogP contribution in [0.3, 0.4) is 0 Å². The van der Waals surface area contributed by atoms with Crippen molar-refractivity contribution in [2.45, 2.75) is 19.3 Å². The van der Waals surface area contributed by atoms with E-state index in [1.54, 1.807) is 13.0 Å². The number of rotatable bonds is 5. The number of halogens is 3. The first-order chi connectivity index (χ1) is 13.7. The number of carbonyl (C=O) groups excluding carboxylic acids is 1. The van der Waals surface area contributed by atoms with Crippen LogP contribution in [-0.2, 0) is 0 Å². The summed E-state index contributed by atoms with van der Waals surface area (Å²) in [6.07, 6.45) is -1.86. The summed E-state index contributed by atoms with van der Waals surface area (Å²) in [6, 6.07) is 7.10. The molecule has 0 aliphatic rings. The van der Waals surface area contributed by atoms with E-state index < -0.39 is 23.9 Å². The summed E-state index contributed by atoms with van der Waals surface area (Å²) in [5.74, 6) is -0.836. The van der Waals surface area contributed by atoms with Crippen molar-refractivity contribution in [1.82, 2.24) is 25.3 Å². The maximum absolute atomic E-state index is 12.5. The number of H-pyrrole nitrogens is 1. The summed E-state index contributed by atoms with van der Waals surface area (Å²) < 4.78 is 40.5. The molecule has 1 amide bonds. The molecule has 0 saturated heterocycles. The van der Waals surface area contributed by atoms with Crippen molar-refractivity contribution in [1.29, 1.82) is 0 Å². The van der Waals surface area contributed by atoms with Crippen molar-refractivity contribution in [3.8, 4) is 17.4 Å². The summed E-state index contributed by atoms with van der Waals surface area (Å²) >= 11 is 0. The Morgan fingerprint density at radius 3 is 2.45 bits per heavy atom. The van der Waals surface area contributed by atoms with Gasteiger partial charge in [-0.1, -0.05) is 12.1 Å². The first-order valence-electron chi connectivity index (χ1n) is 8.26. The topological polar surface area (TPSA) is 110 Å². The van der Waals surface area contributed by atoms with Crippen molar-refractivity contribution in [2.24, 2.45) is 0 Å². The van der Waals surface area contributed by atoms with Crippen LogP contribution in [0.2, 0.25) is 0 Å². The van der Waals surface area contributed by atoms with Gasteiger partial charge in [-0.25, -0.2) is 15.0 Å². The van der Waals surface area contributed by atoms with E-state index in [1.807, 2.05) is 0 Å².